The van der Waals surface area contributed by atoms with E-state index >= 15 is 0 Å². The Morgan fingerprint density at radius 2 is 1.71 bits per heavy atom. The van der Waals surface area contributed by atoms with Gasteiger partial charge in [0.05, 0.1) is 10.8 Å². The maximum atomic E-state index is 12.1. The van der Waals surface area contributed by atoms with Crippen LogP contribution in [0.1, 0.15) is 16.4 Å². The lowest BCUT2D eigenvalue weighted by atomic mass is 10.1. The Morgan fingerprint density at radius 1 is 1.21 bits per heavy atom. The zero-order valence-corrected chi connectivity index (χ0v) is 7.77. The zero-order valence-electron chi connectivity index (χ0n) is 6.88. The quantitative estimate of drug-likeness (QED) is 0.757. The van der Waals surface area contributed by atoms with Crippen molar-refractivity contribution in [1.82, 2.24) is 0 Å². The fraction of sp³-hybridized carbons (Fsp3) is 0.222. The molecule has 1 atom stereocenters. The predicted octanol–water partition coefficient (Wildman–Crippen LogP) is 2.79. The van der Waals surface area contributed by atoms with Crippen LogP contribution in [0, 0.1) is 0 Å². The zero-order chi connectivity index (χ0) is 10.8. The normalized spacial score (nSPS) is 13.7. The first kappa shape index (κ1) is 11.1. The average Bonchev–Trinajstić information content (AvgIpc) is 2.15. The van der Waals surface area contributed by atoms with E-state index in [-0.39, 0.29) is 0 Å². The van der Waals surface area contributed by atoms with Gasteiger partial charge in [-0.3, -0.25) is 4.79 Å². The first-order valence-electron chi connectivity index (χ1n) is 3.68. The summed E-state index contributed by atoms with van der Waals surface area (Å²) >= 11 is 3.82. The molecule has 0 saturated heterocycles. The minimum atomic E-state index is -4.35. The molecule has 0 heterocycles. The summed E-state index contributed by atoms with van der Waals surface area (Å²) in [6.07, 6.45) is -2.78. The third-order valence-electron chi connectivity index (χ3n) is 1.67. The van der Waals surface area contributed by atoms with Gasteiger partial charge in [-0.1, -0.05) is 12.1 Å². The van der Waals surface area contributed by atoms with Gasteiger partial charge in [-0.05, 0) is 17.7 Å². The lowest BCUT2D eigenvalue weighted by Gasteiger charge is -2.07. The van der Waals surface area contributed by atoms with E-state index in [1.807, 2.05) is 0 Å². The number of rotatable bonds is 2. The minimum absolute atomic E-state index is 0.399. The number of benzene rings is 1. The van der Waals surface area contributed by atoms with Crippen LogP contribution in [0.4, 0.5) is 13.2 Å². The summed E-state index contributed by atoms with van der Waals surface area (Å²) in [7, 11) is 0. The molecule has 1 radical (unpaired) electrons. The van der Waals surface area contributed by atoms with Crippen LogP contribution in [0.3, 0.4) is 0 Å². The van der Waals surface area contributed by atoms with Gasteiger partial charge in [0.25, 0.3) is 0 Å². The van der Waals surface area contributed by atoms with Crippen LogP contribution in [-0.2, 0) is 11.0 Å². The van der Waals surface area contributed by atoms with Crippen LogP contribution in [0.5, 0.6) is 0 Å². The maximum absolute atomic E-state index is 12.1. The lowest BCUT2D eigenvalue weighted by molar-refractivity contribution is -0.137. The highest BCUT2D eigenvalue weighted by Gasteiger charge is 2.30. The molecule has 0 spiro atoms. The smallest absolute Gasteiger partial charge is 0.289 e. The van der Waals surface area contributed by atoms with Gasteiger partial charge < -0.3 is 0 Å². The molecule has 0 N–H and O–H groups in total. The van der Waals surface area contributed by atoms with Crippen molar-refractivity contribution >= 4 is 18.9 Å². The Hall–Kier alpha value is -0.970. The molecule has 1 nitrogen and oxygen atoms in total. The molecule has 0 amide bonds. The summed E-state index contributed by atoms with van der Waals surface area (Å²) in [5, 5.41) is -0.794. The molecule has 1 aromatic carbocycles. The standard InChI is InChI=1S/C9H6F3OS/c10-9(11,12)7-3-1-6(2-4-7)8(14)5-13/h1-4,8,14H. The van der Waals surface area contributed by atoms with Gasteiger partial charge >= 0.3 is 6.18 Å². The monoisotopic (exact) mass is 219 g/mol. The van der Waals surface area contributed by atoms with Gasteiger partial charge in [0.1, 0.15) is 0 Å². The molecule has 0 aliphatic carbocycles. The largest absolute Gasteiger partial charge is 0.416 e. The van der Waals surface area contributed by atoms with Crippen molar-refractivity contribution in [1.29, 1.82) is 0 Å². The summed E-state index contributed by atoms with van der Waals surface area (Å²) in [5.41, 5.74) is -0.344. The van der Waals surface area contributed by atoms with Crippen molar-refractivity contribution in [2.24, 2.45) is 0 Å². The Kier molecular flexibility index (Phi) is 3.21. The third-order valence-corrected chi connectivity index (χ3v) is 2.07. The van der Waals surface area contributed by atoms with E-state index < -0.39 is 17.0 Å². The highest BCUT2D eigenvalue weighted by Crippen LogP contribution is 2.30. The summed E-state index contributed by atoms with van der Waals surface area (Å²) < 4.78 is 36.3. The highest BCUT2D eigenvalue weighted by atomic mass is 32.1. The fourth-order valence-electron chi connectivity index (χ4n) is 0.922. The first-order chi connectivity index (χ1) is 6.45. The highest BCUT2D eigenvalue weighted by molar-refractivity contribution is 7.81. The van der Waals surface area contributed by atoms with E-state index in [0.29, 0.717) is 5.56 Å². The molecule has 0 bridgehead atoms. The van der Waals surface area contributed by atoms with E-state index in [2.05, 4.69) is 12.6 Å². The summed E-state index contributed by atoms with van der Waals surface area (Å²) in [6.45, 7) is 0. The van der Waals surface area contributed by atoms with Gasteiger partial charge in [-0.15, -0.1) is 0 Å². The number of halogens is 3. The topological polar surface area (TPSA) is 17.1 Å². The van der Waals surface area contributed by atoms with E-state index in [1.165, 1.54) is 12.1 Å². The second-order valence-corrected chi connectivity index (χ2v) is 3.16. The van der Waals surface area contributed by atoms with Crippen molar-refractivity contribution in [2.75, 3.05) is 0 Å². The molecule has 1 rings (SSSR count). The number of carbonyl (C=O) groups excluding carboxylic acids is 1. The van der Waals surface area contributed by atoms with Crippen molar-refractivity contribution in [3.05, 3.63) is 35.4 Å². The second-order valence-electron chi connectivity index (χ2n) is 2.64. The lowest BCUT2D eigenvalue weighted by Crippen LogP contribution is -2.04. The Morgan fingerprint density at radius 3 is 2.07 bits per heavy atom. The number of hydrogen-bond donors (Lipinski definition) is 1. The Balaban J connectivity index is 2.95. The third kappa shape index (κ3) is 2.51. The van der Waals surface area contributed by atoms with Crippen molar-refractivity contribution in [3.63, 3.8) is 0 Å². The SMILES string of the molecule is O=[C]C(S)c1ccc(C(F)(F)F)cc1. The van der Waals surface area contributed by atoms with Crippen LogP contribution in [-0.4, -0.2) is 6.29 Å². The van der Waals surface area contributed by atoms with Gasteiger partial charge in [0.2, 0.25) is 6.29 Å². The molecule has 0 aromatic heterocycles. The van der Waals surface area contributed by atoms with Crippen LogP contribution < -0.4 is 0 Å². The minimum Gasteiger partial charge on any atom is -0.289 e. The van der Waals surface area contributed by atoms with Crippen LogP contribution in [0.15, 0.2) is 24.3 Å². The van der Waals surface area contributed by atoms with Crippen molar-refractivity contribution in [3.8, 4) is 0 Å². The summed E-state index contributed by atoms with van der Waals surface area (Å²) in [5.74, 6) is 0. The fourth-order valence-corrected chi connectivity index (χ4v) is 1.09. The Bertz CT molecular complexity index is 318. The molecule has 0 aliphatic heterocycles. The van der Waals surface area contributed by atoms with E-state index in [9.17, 15) is 18.0 Å². The number of hydrogen-bond acceptors (Lipinski definition) is 2. The van der Waals surface area contributed by atoms with Crippen molar-refractivity contribution < 1.29 is 18.0 Å². The van der Waals surface area contributed by atoms with Gasteiger partial charge in [0, 0.05) is 0 Å². The van der Waals surface area contributed by atoms with Gasteiger partial charge in [-0.25, -0.2) is 0 Å². The van der Waals surface area contributed by atoms with Gasteiger partial charge in [0.15, 0.2) is 0 Å². The molecule has 0 aliphatic rings. The first-order valence-corrected chi connectivity index (χ1v) is 4.19. The van der Waals surface area contributed by atoms with E-state index in [0.717, 1.165) is 12.1 Å². The van der Waals surface area contributed by atoms with E-state index in [4.69, 9.17) is 0 Å². The molecular weight excluding hydrogens is 213 g/mol. The summed E-state index contributed by atoms with van der Waals surface area (Å²) in [4.78, 5) is 10.2. The van der Waals surface area contributed by atoms with Crippen LogP contribution in [0.25, 0.3) is 0 Å². The van der Waals surface area contributed by atoms with Gasteiger partial charge in [-0.2, -0.15) is 25.8 Å². The molecule has 5 heteroatoms. The van der Waals surface area contributed by atoms with E-state index in [1.54, 1.807) is 6.29 Å². The molecule has 75 valence electrons. The van der Waals surface area contributed by atoms with Crippen molar-refractivity contribution in [2.45, 2.75) is 11.4 Å². The molecule has 1 unspecified atom stereocenters. The van der Waals surface area contributed by atoms with Crippen LogP contribution in [0.2, 0.25) is 0 Å². The molecule has 1 aromatic rings. The molecular formula is C9H6F3OS. The average molecular weight is 219 g/mol. The maximum Gasteiger partial charge on any atom is 0.416 e. The van der Waals surface area contributed by atoms with Crippen LogP contribution >= 0.6 is 12.6 Å². The number of thiol groups is 1. The molecule has 0 fully saturated rings. The predicted molar refractivity (Wildman–Crippen MR) is 48.9 cm³/mol. The number of alkyl halides is 3. The molecule has 0 saturated carbocycles. The second kappa shape index (κ2) is 4.04. The summed E-state index contributed by atoms with van der Waals surface area (Å²) in [6, 6.07) is 4.25. The molecule has 14 heavy (non-hydrogen) atoms. The Labute approximate surface area is 84.3 Å².